The van der Waals surface area contributed by atoms with E-state index in [0.29, 0.717) is 25.4 Å². The SMILES string of the molecule is CCOc1ccc([C@@H](C)NC(=O)c2cc(S(=O)(=O)N3CCCCCC3)ccc2OC)cc1. The van der Waals surface area contributed by atoms with Crippen LogP contribution in [0, 0.1) is 0 Å². The molecule has 7 nitrogen and oxygen atoms in total. The van der Waals surface area contributed by atoms with Crippen molar-refractivity contribution in [2.75, 3.05) is 26.8 Å². The molecule has 0 radical (unpaired) electrons. The molecule has 32 heavy (non-hydrogen) atoms. The number of sulfonamides is 1. The Morgan fingerprint density at radius 3 is 2.31 bits per heavy atom. The highest BCUT2D eigenvalue weighted by Crippen LogP contribution is 2.27. The number of hydrogen-bond donors (Lipinski definition) is 1. The Labute approximate surface area is 190 Å². The van der Waals surface area contributed by atoms with Crippen molar-refractivity contribution >= 4 is 15.9 Å². The zero-order valence-corrected chi connectivity index (χ0v) is 19.8. The van der Waals surface area contributed by atoms with Gasteiger partial charge in [0, 0.05) is 13.1 Å². The molecule has 3 rings (SSSR count). The fourth-order valence-corrected chi connectivity index (χ4v) is 5.38. The maximum Gasteiger partial charge on any atom is 0.255 e. The standard InChI is InChI=1S/C24H32N2O5S/c1-4-31-20-11-9-19(10-12-20)18(2)25-24(27)22-17-21(13-14-23(22)30-3)32(28,29)26-15-7-5-6-8-16-26/h9-14,17-18H,4-8,15-16H2,1-3H3,(H,25,27)/t18-/m1/s1. The third-order valence-corrected chi connectivity index (χ3v) is 7.55. The van der Waals surface area contributed by atoms with Crippen LogP contribution in [0.25, 0.3) is 0 Å². The highest BCUT2D eigenvalue weighted by molar-refractivity contribution is 7.89. The van der Waals surface area contributed by atoms with Crippen molar-refractivity contribution in [1.82, 2.24) is 9.62 Å². The largest absolute Gasteiger partial charge is 0.496 e. The molecular formula is C24H32N2O5S. The van der Waals surface area contributed by atoms with E-state index in [1.54, 1.807) is 6.07 Å². The molecule has 0 aromatic heterocycles. The first-order valence-electron chi connectivity index (χ1n) is 11.1. The first-order valence-corrected chi connectivity index (χ1v) is 12.5. The average molecular weight is 461 g/mol. The number of benzene rings is 2. The Bertz CT molecular complexity index is 1010. The Balaban J connectivity index is 1.82. The first kappa shape index (κ1) is 24.1. The predicted molar refractivity (Wildman–Crippen MR) is 124 cm³/mol. The van der Waals surface area contributed by atoms with E-state index in [-0.39, 0.29) is 16.5 Å². The normalized spacial score (nSPS) is 16.1. The van der Waals surface area contributed by atoms with Crippen LogP contribution in [0.4, 0.5) is 0 Å². The van der Waals surface area contributed by atoms with E-state index < -0.39 is 15.9 Å². The third kappa shape index (κ3) is 5.61. The van der Waals surface area contributed by atoms with Crippen LogP contribution in [0.15, 0.2) is 47.4 Å². The topological polar surface area (TPSA) is 84.9 Å². The van der Waals surface area contributed by atoms with Crippen LogP contribution in [0.3, 0.4) is 0 Å². The van der Waals surface area contributed by atoms with Gasteiger partial charge in [0.25, 0.3) is 5.91 Å². The van der Waals surface area contributed by atoms with Crippen LogP contribution in [-0.2, 0) is 10.0 Å². The van der Waals surface area contributed by atoms with Gasteiger partial charge >= 0.3 is 0 Å². The summed E-state index contributed by atoms with van der Waals surface area (Å²) in [5, 5.41) is 2.94. The smallest absolute Gasteiger partial charge is 0.255 e. The summed E-state index contributed by atoms with van der Waals surface area (Å²) in [6, 6.07) is 11.7. The third-order valence-electron chi connectivity index (χ3n) is 5.66. The fraction of sp³-hybridized carbons (Fsp3) is 0.458. The number of ether oxygens (including phenoxy) is 2. The van der Waals surface area contributed by atoms with Crippen LogP contribution in [0.2, 0.25) is 0 Å². The lowest BCUT2D eigenvalue weighted by Crippen LogP contribution is -2.32. The predicted octanol–water partition coefficient (Wildman–Crippen LogP) is 4.15. The molecule has 0 bridgehead atoms. The minimum absolute atomic E-state index is 0.110. The van der Waals surface area contributed by atoms with Gasteiger partial charge in [0.2, 0.25) is 10.0 Å². The maximum absolute atomic E-state index is 13.2. The number of methoxy groups -OCH3 is 1. The Morgan fingerprint density at radius 2 is 1.72 bits per heavy atom. The lowest BCUT2D eigenvalue weighted by Gasteiger charge is -2.21. The molecule has 1 amide bonds. The van der Waals surface area contributed by atoms with Crippen LogP contribution >= 0.6 is 0 Å². The number of hydrogen-bond acceptors (Lipinski definition) is 5. The van der Waals surface area contributed by atoms with Crippen molar-refractivity contribution in [3.8, 4) is 11.5 Å². The molecule has 1 aliphatic heterocycles. The minimum atomic E-state index is -3.67. The van der Waals surface area contributed by atoms with Crippen LogP contribution in [-0.4, -0.2) is 45.4 Å². The lowest BCUT2D eigenvalue weighted by molar-refractivity contribution is 0.0936. The lowest BCUT2D eigenvalue weighted by atomic mass is 10.1. The monoisotopic (exact) mass is 460 g/mol. The Hall–Kier alpha value is -2.58. The number of rotatable bonds is 8. The summed E-state index contributed by atoms with van der Waals surface area (Å²) >= 11 is 0. The van der Waals surface area contributed by atoms with E-state index in [0.717, 1.165) is 37.0 Å². The quantitative estimate of drug-likeness (QED) is 0.640. The molecule has 1 fully saturated rings. The van der Waals surface area contributed by atoms with Crippen molar-refractivity contribution in [2.24, 2.45) is 0 Å². The molecule has 0 unspecified atom stereocenters. The highest BCUT2D eigenvalue weighted by atomic mass is 32.2. The Kier molecular flexibility index (Phi) is 8.15. The molecule has 1 N–H and O–H groups in total. The van der Waals surface area contributed by atoms with Gasteiger partial charge in [-0.2, -0.15) is 4.31 Å². The second-order valence-electron chi connectivity index (χ2n) is 7.88. The van der Waals surface area contributed by atoms with Gasteiger partial charge in [-0.1, -0.05) is 25.0 Å². The van der Waals surface area contributed by atoms with Crippen molar-refractivity contribution in [1.29, 1.82) is 0 Å². The summed E-state index contributed by atoms with van der Waals surface area (Å²) in [7, 11) is -2.21. The minimum Gasteiger partial charge on any atom is -0.496 e. The van der Waals surface area contributed by atoms with Gasteiger partial charge in [-0.15, -0.1) is 0 Å². The molecule has 0 saturated carbocycles. The summed E-state index contributed by atoms with van der Waals surface area (Å²) in [4.78, 5) is 13.2. The average Bonchev–Trinajstić information content (AvgIpc) is 3.09. The van der Waals surface area contributed by atoms with Crippen molar-refractivity contribution in [3.63, 3.8) is 0 Å². The second kappa shape index (κ2) is 10.8. The molecule has 2 aromatic carbocycles. The van der Waals surface area contributed by atoms with Crippen molar-refractivity contribution in [2.45, 2.75) is 50.5 Å². The van der Waals surface area contributed by atoms with Crippen molar-refractivity contribution < 1.29 is 22.7 Å². The van der Waals surface area contributed by atoms with Crippen LogP contribution < -0.4 is 14.8 Å². The number of nitrogens with zero attached hydrogens (tertiary/aromatic N) is 1. The number of carbonyl (C=O) groups excluding carboxylic acids is 1. The summed E-state index contributed by atoms with van der Waals surface area (Å²) < 4.78 is 38.7. The van der Waals surface area contributed by atoms with Gasteiger partial charge in [0.15, 0.2) is 0 Å². The summed E-state index contributed by atoms with van der Waals surface area (Å²) in [6.07, 6.45) is 3.77. The molecule has 2 aromatic rings. The molecule has 1 heterocycles. The van der Waals surface area contributed by atoms with E-state index >= 15 is 0 Å². The molecule has 8 heteroatoms. The Morgan fingerprint density at radius 1 is 1.06 bits per heavy atom. The molecule has 174 valence electrons. The molecule has 0 spiro atoms. The summed E-state index contributed by atoms with van der Waals surface area (Å²) in [5.41, 5.74) is 1.11. The van der Waals surface area contributed by atoms with E-state index in [9.17, 15) is 13.2 Å². The molecule has 1 saturated heterocycles. The van der Waals surface area contributed by atoms with Gasteiger partial charge in [0.05, 0.1) is 30.2 Å². The molecule has 0 aliphatic carbocycles. The van der Waals surface area contributed by atoms with Crippen LogP contribution in [0.1, 0.15) is 61.5 Å². The zero-order chi connectivity index (χ0) is 23.1. The van der Waals surface area contributed by atoms with E-state index in [4.69, 9.17) is 9.47 Å². The maximum atomic E-state index is 13.2. The van der Waals surface area contributed by atoms with E-state index in [1.165, 1.54) is 23.5 Å². The highest BCUT2D eigenvalue weighted by Gasteiger charge is 2.27. The van der Waals surface area contributed by atoms with Gasteiger partial charge in [0.1, 0.15) is 11.5 Å². The molecular weight excluding hydrogens is 428 g/mol. The molecule has 1 aliphatic rings. The number of carbonyl (C=O) groups is 1. The van der Waals surface area contributed by atoms with Gasteiger partial charge in [-0.25, -0.2) is 8.42 Å². The second-order valence-corrected chi connectivity index (χ2v) is 9.82. The van der Waals surface area contributed by atoms with Gasteiger partial charge in [-0.05, 0) is 62.6 Å². The van der Waals surface area contributed by atoms with Gasteiger partial charge in [-0.3, -0.25) is 4.79 Å². The number of nitrogens with one attached hydrogen (secondary N) is 1. The van der Waals surface area contributed by atoms with Gasteiger partial charge < -0.3 is 14.8 Å². The summed E-state index contributed by atoms with van der Waals surface area (Å²) in [6.45, 7) is 5.39. The zero-order valence-electron chi connectivity index (χ0n) is 19.0. The fourth-order valence-electron chi connectivity index (χ4n) is 3.83. The number of amides is 1. The summed E-state index contributed by atoms with van der Waals surface area (Å²) in [5.74, 6) is 0.704. The van der Waals surface area contributed by atoms with E-state index in [2.05, 4.69) is 5.32 Å². The first-order chi connectivity index (χ1) is 15.4. The van der Waals surface area contributed by atoms with Crippen molar-refractivity contribution in [3.05, 3.63) is 53.6 Å². The van der Waals surface area contributed by atoms with E-state index in [1.807, 2.05) is 38.1 Å². The molecule has 1 atom stereocenters. The van der Waals surface area contributed by atoms with Crippen LogP contribution in [0.5, 0.6) is 11.5 Å².